The summed E-state index contributed by atoms with van der Waals surface area (Å²) in [4.78, 5) is 22.6. The summed E-state index contributed by atoms with van der Waals surface area (Å²) < 4.78 is 5.38. The van der Waals surface area contributed by atoms with E-state index in [2.05, 4.69) is 20.8 Å². The summed E-state index contributed by atoms with van der Waals surface area (Å²) in [6, 6.07) is 0. The summed E-state index contributed by atoms with van der Waals surface area (Å²) in [5.41, 5.74) is -0.0820. The molecule has 4 heteroatoms. The van der Waals surface area contributed by atoms with Gasteiger partial charge in [-0.1, -0.05) is 32.8 Å². The maximum absolute atomic E-state index is 11.7. The summed E-state index contributed by atoms with van der Waals surface area (Å²) in [5.74, 6) is -1.77. The minimum atomic E-state index is -1.04. The molecule has 0 saturated heterocycles. The first-order valence-electron chi connectivity index (χ1n) is 7.71. The van der Waals surface area contributed by atoms with Gasteiger partial charge in [0.2, 0.25) is 0 Å². The van der Waals surface area contributed by atoms with Crippen LogP contribution in [0.2, 0.25) is 0 Å². The number of ether oxygens (including phenoxy) is 1. The van der Waals surface area contributed by atoms with Crippen LogP contribution < -0.4 is 0 Å². The van der Waals surface area contributed by atoms with Crippen molar-refractivity contribution in [2.24, 2.45) is 11.8 Å². The van der Waals surface area contributed by atoms with Crippen molar-refractivity contribution in [3.8, 4) is 0 Å². The SMILES string of the molecule is CCC(C(=O)O)C(=O)/C=C/CC(C)CCCC(C)(C)OC. The molecular formula is C17H30O4. The summed E-state index contributed by atoms with van der Waals surface area (Å²) in [6.07, 6.45) is 7.53. The third-order valence-corrected chi connectivity index (χ3v) is 3.90. The number of allylic oxidation sites excluding steroid dienone is 2. The lowest BCUT2D eigenvalue weighted by atomic mass is 9.94. The van der Waals surface area contributed by atoms with Gasteiger partial charge in [-0.15, -0.1) is 0 Å². The minimum Gasteiger partial charge on any atom is -0.481 e. The van der Waals surface area contributed by atoms with Gasteiger partial charge < -0.3 is 9.84 Å². The number of hydrogen-bond acceptors (Lipinski definition) is 3. The van der Waals surface area contributed by atoms with Crippen molar-refractivity contribution in [2.75, 3.05) is 7.11 Å². The Balaban J connectivity index is 4.07. The van der Waals surface area contributed by atoms with Gasteiger partial charge in [0.15, 0.2) is 5.78 Å². The molecule has 0 aromatic rings. The fraction of sp³-hybridized carbons (Fsp3) is 0.765. The molecule has 0 aliphatic rings. The Morgan fingerprint density at radius 2 is 1.95 bits per heavy atom. The number of carbonyl (C=O) groups is 2. The van der Waals surface area contributed by atoms with Crippen molar-refractivity contribution >= 4 is 11.8 Å². The van der Waals surface area contributed by atoms with Crippen LogP contribution in [-0.2, 0) is 14.3 Å². The van der Waals surface area contributed by atoms with Gasteiger partial charge in [-0.05, 0) is 45.1 Å². The van der Waals surface area contributed by atoms with Crippen molar-refractivity contribution in [3.63, 3.8) is 0 Å². The second-order valence-corrected chi connectivity index (χ2v) is 6.30. The van der Waals surface area contributed by atoms with E-state index in [1.807, 2.05) is 0 Å². The lowest BCUT2D eigenvalue weighted by Gasteiger charge is -2.23. The quantitative estimate of drug-likeness (QED) is 0.465. The number of aliphatic carboxylic acids is 1. The Morgan fingerprint density at radius 3 is 2.43 bits per heavy atom. The molecule has 2 atom stereocenters. The van der Waals surface area contributed by atoms with Crippen LogP contribution in [0.25, 0.3) is 0 Å². The van der Waals surface area contributed by atoms with Crippen LogP contribution in [-0.4, -0.2) is 29.6 Å². The molecule has 0 bridgehead atoms. The van der Waals surface area contributed by atoms with Crippen molar-refractivity contribution in [3.05, 3.63) is 12.2 Å². The molecular weight excluding hydrogens is 268 g/mol. The zero-order chi connectivity index (χ0) is 16.5. The Hall–Kier alpha value is -1.16. The lowest BCUT2D eigenvalue weighted by molar-refractivity contribution is -0.145. The van der Waals surface area contributed by atoms with Crippen molar-refractivity contribution in [2.45, 2.75) is 65.4 Å². The molecule has 0 amide bonds. The Morgan fingerprint density at radius 1 is 1.33 bits per heavy atom. The Labute approximate surface area is 128 Å². The average Bonchev–Trinajstić information content (AvgIpc) is 2.38. The third kappa shape index (κ3) is 8.66. The van der Waals surface area contributed by atoms with E-state index < -0.39 is 11.9 Å². The molecule has 0 aromatic heterocycles. The summed E-state index contributed by atoms with van der Waals surface area (Å²) >= 11 is 0. The van der Waals surface area contributed by atoms with E-state index in [9.17, 15) is 9.59 Å². The van der Waals surface area contributed by atoms with Gasteiger partial charge in [0, 0.05) is 7.11 Å². The van der Waals surface area contributed by atoms with Crippen LogP contribution in [0.4, 0.5) is 0 Å². The van der Waals surface area contributed by atoms with E-state index in [1.54, 1.807) is 20.1 Å². The van der Waals surface area contributed by atoms with Crippen LogP contribution in [0.1, 0.15) is 59.8 Å². The van der Waals surface area contributed by atoms with Crippen LogP contribution in [0.15, 0.2) is 12.2 Å². The molecule has 4 nitrogen and oxygen atoms in total. The van der Waals surface area contributed by atoms with Gasteiger partial charge in [-0.25, -0.2) is 0 Å². The summed E-state index contributed by atoms with van der Waals surface area (Å²) in [6.45, 7) is 8.01. The van der Waals surface area contributed by atoms with Crippen molar-refractivity contribution in [1.82, 2.24) is 0 Å². The second kappa shape index (κ2) is 9.72. The molecule has 0 saturated carbocycles. The molecule has 21 heavy (non-hydrogen) atoms. The molecule has 0 spiro atoms. The molecule has 0 aromatic carbocycles. The molecule has 0 rings (SSSR count). The molecule has 1 N–H and O–H groups in total. The number of methoxy groups -OCH3 is 1. The Bertz CT molecular complexity index is 358. The first kappa shape index (κ1) is 19.8. The van der Waals surface area contributed by atoms with E-state index in [0.29, 0.717) is 12.3 Å². The zero-order valence-corrected chi connectivity index (χ0v) is 14.0. The van der Waals surface area contributed by atoms with E-state index in [1.165, 1.54) is 6.08 Å². The van der Waals surface area contributed by atoms with E-state index >= 15 is 0 Å². The minimum absolute atomic E-state index is 0.0820. The molecule has 0 aliphatic heterocycles. The van der Waals surface area contributed by atoms with E-state index in [4.69, 9.17) is 9.84 Å². The topological polar surface area (TPSA) is 63.6 Å². The monoisotopic (exact) mass is 298 g/mol. The van der Waals surface area contributed by atoms with E-state index in [-0.39, 0.29) is 11.4 Å². The molecule has 122 valence electrons. The standard InChI is InChI=1S/C17H30O4/c1-6-14(16(19)20)15(18)11-7-9-13(2)10-8-12-17(3,4)21-5/h7,11,13-14H,6,8-10,12H2,1-5H3,(H,19,20)/b11-7+. The first-order chi connectivity index (χ1) is 9.73. The molecule has 0 aliphatic carbocycles. The zero-order valence-electron chi connectivity index (χ0n) is 14.0. The highest BCUT2D eigenvalue weighted by Crippen LogP contribution is 2.20. The molecule has 2 unspecified atom stereocenters. The predicted molar refractivity (Wildman–Crippen MR) is 84.3 cm³/mol. The van der Waals surface area contributed by atoms with Crippen molar-refractivity contribution in [1.29, 1.82) is 0 Å². The van der Waals surface area contributed by atoms with Crippen LogP contribution >= 0.6 is 0 Å². The van der Waals surface area contributed by atoms with Gasteiger partial charge in [0.1, 0.15) is 5.92 Å². The van der Waals surface area contributed by atoms with Crippen LogP contribution in [0, 0.1) is 11.8 Å². The fourth-order valence-corrected chi connectivity index (χ4v) is 2.13. The summed E-state index contributed by atoms with van der Waals surface area (Å²) in [7, 11) is 1.73. The third-order valence-electron chi connectivity index (χ3n) is 3.90. The average molecular weight is 298 g/mol. The highest BCUT2D eigenvalue weighted by molar-refractivity contribution is 6.04. The molecule has 0 radical (unpaired) electrons. The van der Waals surface area contributed by atoms with Crippen molar-refractivity contribution < 1.29 is 19.4 Å². The number of carboxylic acid groups (broad SMARTS) is 1. The number of hydrogen-bond donors (Lipinski definition) is 1. The number of rotatable bonds is 11. The lowest BCUT2D eigenvalue weighted by Crippen LogP contribution is -2.22. The number of carbonyl (C=O) groups excluding carboxylic acids is 1. The van der Waals surface area contributed by atoms with Crippen LogP contribution in [0.5, 0.6) is 0 Å². The van der Waals surface area contributed by atoms with Gasteiger partial charge in [-0.3, -0.25) is 9.59 Å². The maximum Gasteiger partial charge on any atom is 0.314 e. The second-order valence-electron chi connectivity index (χ2n) is 6.30. The largest absolute Gasteiger partial charge is 0.481 e. The maximum atomic E-state index is 11.7. The summed E-state index contributed by atoms with van der Waals surface area (Å²) in [5, 5.41) is 8.90. The van der Waals surface area contributed by atoms with E-state index in [0.717, 1.165) is 25.7 Å². The Kier molecular flexibility index (Phi) is 9.18. The normalized spacial score (nSPS) is 15.1. The smallest absolute Gasteiger partial charge is 0.314 e. The highest BCUT2D eigenvalue weighted by Gasteiger charge is 2.21. The van der Waals surface area contributed by atoms with Gasteiger partial charge >= 0.3 is 5.97 Å². The van der Waals surface area contributed by atoms with Gasteiger partial charge in [0.05, 0.1) is 5.60 Å². The predicted octanol–water partition coefficient (Wildman–Crippen LogP) is 3.84. The number of ketones is 1. The van der Waals surface area contributed by atoms with Crippen LogP contribution in [0.3, 0.4) is 0 Å². The van der Waals surface area contributed by atoms with Gasteiger partial charge in [-0.2, -0.15) is 0 Å². The molecule has 0 heterocycles. The first-order valence-corrected chi connectivity index (χ1v) is 7.71. The molecule has 0 fully saturated rings. The number of carboxylic acids is 1. The highest BCUT2D eigenvalue weighted by atomic mass is 16.5. The van der Waals surface area contributed by atoms with Gasteiger partial charge in [0.25, 0.3) is 0 Å². The fourth-order valence-electron chi connectivity index (χ4n) is 2.13.